The van der Waals surface area contributed by atoms with Crippen molar-refractivity contribution in [2.75, 3.05) is 14.2 Å². The zero-order chi connectivity index (χ0) is 18.5. The molecule has 1 aliphatic heterocycles. The number of Topliss-reactive ketones (excluding diaryl/α,β-unsaturated/α-hetero) is 2. The summed E-state index contributed by atoms with van der Waals surface area (Å²) in [6.07, 6.45) is -0.478. The van der Waals surface area contributed by atoms with Crippen LogP contribution in [-0.2, 0) is 25.5 Å². The van der Waals surface area contributed by atoms with E-state index in [9.17, 15) is 14.4 Å². The number of ether oxygens (including phenoxy) is 3. The van der Waals surface area contributed by atoms with Gasteiger partial charge in [0.15, 0.2) is 5.76 Å². The maximum absolute atomic E-state index is 12.8. The van der Waals surface area contributed by atoms with E-state index in [1.165, 1.54) is 21.1 Å². The second-order valence-electron chi connectivity index (χ2n) is 6.29. The summed E-state index contributed by atoms with van der Waals surface area (Å²) in [6.45, 7) is 5.20. The fraction of sp³-hybridized carbons (Fsp3) is 0.500. The van der Waals surface area contributed by atoms with Crippen LogP contribution in [0.4, 0.5) is 0 Å². The minimum absolute atomic E-state index is 0.0778. The van der Waals surface area contributed by atoms with Crippen molar-refractivity contribution in [2.24, 2.45) is 0 Å². The molecule has 7 nitrogen and oxygen atoms in total. The third-order valence-electron chi connectivity index (χ3n) is 4.91. The lowest BCUT2D eigenvalue weighted by Crippen LogP contribution is -2.34. The van der Waals surface area contributed by atoms with E-state index in [1.54, 1.807) is 13.8 Å². The van der Waals surface area contributed by atoms with Crippen LogP contribution in [0, 0.1) is 6.92 Å². The Morgan fingerprint density at radius 1 is 1.16 bits per heavy atom. The minimum Gasteiger partial charge on any atom is -0.492 e. The van der Waals surface area contributed by atoms with E-state index in [-0.39, 0.29) is 23.3 Å². The van der Waals surface area contributed by atoms with Crippen LogP contribution in [-0.4, -0.2) is 42.4 Å². The third-order valence-corrected chi connectivity index (χ3v) is 4.91. The molecule has 0 fully saturated rings. The molecule has 0 radical (unpaired) electrons. The predicted molar refractivity (Wildman–Crippen MR) is 87.5 cm³/mol. The van der Waals surface area contributed by atoms with Crippen molar-refractivity contribution >= 4 is 17.5 Å². The standard InChI is InChI=1S/C18H21NO6/c1-8-12-14(15(21)9(2)17(23-4)16(12)22)19-7-6-11(25-10(3)20)18(24-5)13(8)19/h11,18H,6-7H2,1-5H3. The molecule has 1 aromatic rings. The zero-order valence-corrected chi connectivity index (χ0v) is 15.0. The molecule has 1 aliphatic carbocycles. The van der Waals surface area contributed by atoms with Crippen LogP contribution in [0.2, 0.25) is 0 Å². The van der Waals surface area contributed by atoms with Crippen molar-refractivity contribution in [1.82, 2.24) is 4.57 Å². The number of hydrogen-bond acceptors (Lipinski definition) is 6. The molecule has 0 spiro atoms. The number of fused-ring (bicyclic) bond motifs is 3. The molecule has 3 rings (SSSR count). The zero-order valence-electron chi connectivity index (χ0n) is 15.0. The largest absolute Gasteiger partial charge is 0.492 e. The number of ketones is 2. The quantitative estimate of drug-likeness (QED) is 0.779. The molecule has 2 aliphatic rings. The van der Waals surface area contributed by atoms with E-state index in [2.05, 4.69) is 0 Å². The Bertz CT molecular complexity index is 816. The van der Waals surface area contributed by atoms with Crippen LogP contribution in [0.15, 0.2) is 11.3 Å². The van der Waals surface area contributed by atoms with Gasteiger partial charge < -0.3 is 18.8 Å². The molecule has 134 valence electrons. The molecule has 25 heavy (non-hydrogen) atoms. The van der Waals surface area contributed by atoms with E-state index >= 15 is 0 Å². The summed E-state index contributed by atoms with van der Waals surface area (Å²) in [4.78, 5) is 37.0. The van der Waals surface area contributed by atoms with E-state index < -0.39 is 12.2 Å². The van der Waals surface area contributed by atoms with Crippen molar-refractivity contribution in [3.63, 3.8) is 0 Å². The Hall–Kier alpha value is -2.41. The molecule has 0 saturated heterocycles. The first-order valence-corrected chi connectivity index (χ1v) is 8.10. The molecule has 0 amide bonds. The summed E-state index contributed by atoms with van der Waals surface area (Å²) in [5.74, 6) is -0.829. The number of allylic oxidation sites excluding steroid dienone is 2. The van der Waals surface area contributed by atoms with Gasteiger partial charge in [0.1, 0.15) is 17.9 Å². The van der Waals surface area contributed by atoms with Crippen molar-refractivity contribution in [3.8, 4) is 0 Å². The van der Waals surface area contributed by atoms with E-state index in [4.69, 9.17) is 14.2 Å². The van der Waals surface area contributed by atoms with Crippen LogP contribution in [0.5, 0.6) is 0 Å². The first-order valence-electron chi connectivity index (χ1n) is 8.10. The SMILES string of the molecule is COC1=C(C)C(=O)c2c(c(C)c3n2CCC(OC(C)=O)C3OC)C1=O. The van der Waals surface area contributed by atoms with Crippen molar-refractivity contribution in [3.05, 3.63) is 33.8 Å². The minimum atomic E-state index is -0.532. The van der Waals surface area contributed by atoms with Crippen LogP contribution in [0.3, 0.4) is 0 Å². The van der Waals surface area contributed by atoms with Crippen LogP contribution >= 0.6 is 0 Å². The second kappa shape index (κ2) is 6.15. The van der Waals surface area contributed by atoms with Gasteiger partial charge in [0.25, 0.3) is 0 Å². The smallest absolute Gasteiger partial charge is 0.303 e. The lowest BCUT2D eigenvalue weighted by molar-refractivity contribution is -0.156. The number of carbonyl (C=O) groups excluding carboxylic acids is 3. The Labute approximate surface area is 145 Å². The molecule has 0 saturated carbocycles. The van der Waals surface area contributed by atoms with Crippen molar-refractivity contribution in [1.29, 1.82) is 0 Å². The Kier molecular flexibility index (Phi) is 4.28. The van der Waals surface area contributed by atoms with Gasteiger partial charge in [-0.15, -0.1) is 0 Å². The molecule has 0 N–H and O–H groups in total. The highest BCUT2D eigenvalue weighted by Gasteiger charge is 2.43. The predicted octanol–water partition coefficient (Wildman–Crippen LogP) is 2.12. The van der Waals surface area contributed by atoms with E-state index in [1.807, 2.05) is 4.57 Å². The van der Waals surface area contributed by atoms with E-state index in [0.717, 1.165) is 0 Å². The lowest BCUT2D eigenvalue weighted by Gasteiger charge is -2.32. The number of nitrogens with zero attached hydrogens (tertiary/aromatic N) is 1. The van der Waals surface area contributed by atoms with E-state index in [0.29, 0.717) is 41.1 Å². The third kappa shape index (κ3) is 2.41. The summed E-state index contributed by atoms with van der Waals surface area (Å²) in [5, 5.41) is 0. The summed E-state index contributed by atoms with van der Waals surface area (Å²) < 4.78 is 17.9. The Morgan fingerprint density at radius 2 is 1.84 bits per heavy atom. The monoisotopic (exact) mass is 347 g/mol. The van der Waals surface area contributed by atoms with Gasteiger partial charge in [-0.05, 0) is 19.4 Å². The normalized spacial score (nSPS) is 22.6. The van der Waals surface area contributed by atoms with Crippen molar-refractivity contribution in [2.45, 2.75) is 45.9 Å². The number of esters is 1. The van der Waals surface area contributed by atoms with Gasteiger partial charge in [0, 0.05) is 32.6 Å². The number of methoxy groups -OCH3 is 2. The number of rotatable bonds is 3. The maximum Gasteiger partial charge on any atom is 0.303 e. The molecule has 7 heteroatoms. The van der Waals surface area contributed by atoms with Crippen LogP contribution in [0.1, 0.15) is 58.5 Å². The topological polar surface area (TPSA) is 83.8 Å². The van der Waals surface area contributed by atoms with Gasteiger partial charge in [0.2, 0.25) is 11.6 Å². The average Bonchev–Trinajstić information content (AvgIpc) is 2.86. The fourth-order valence-electron chi connectivity index (χ4n) is 3.87. The van der Waals surface area contributed by atoms with Crippen LogP contribution in [0.25, 0.3) is 0 Å². The van der Waals surface area contributed by atoms with Gasteiger partial charge in [-0.1, -0.05) is 0 Å². The molecule has 2 atom stereocenters. The maximum atomic E-state index is 12.8. The summed E-state index contributed by atoms with van der Waals surface area (Å²) in [7, 11) is 2.91. The highest BCUT2D eigenvalue weighted by Crippen LogP contribution is 2.40. The fourth-order valence-corrected chi connectivity index (χ4v) is 3.87. The van der Waals surface area contributed by atoms with Gasteiger partial charge in [-0.25, -0.2) is 0 Å². The van der Waals surface area contributed by atoms with Gasteiger partial charge in [-0.3, -0.25) is 14.4 Å². The number of aromatic nitrogens is 1. The first kappa shape index (κ1) is 17.4. The Morgan fingerprint density at radius 3 is 2.40 bits per heavy atom. The number of hydrogen-bond donors (Lipinski definition) is 0. The van der Waals surface area contributed by atoms with Gasteiger partial charge >= 0.3 is 5.97 Å². The summed E-state index contributed by atoms with van der Waals surface area (Å²) in [5.41, 5.74) is 2.40. The molecule has 1 aromatic heterocycles. The Balaban J connectivity index is 2.19. The molecule has 2 unspecified atom stereocenters. The average molecular weight is 347 g/mol. The lowest BCUT2D eigenvalue weighted by atomic mass is 9.91. The number of carbonyl (C=O) groups is 3. The highest BCUT2D eigenvalue weighted by molar-refractivity contribution is 6.26. The summed E-state index contributed by atoms with van der Waals surface area (Å²) in [6, 6.07) is 0. The first-order chi connectivity index (χ1) is 11.8. The molecule has 2 heterocycles. The van der Waals surface area contributed by atoms with Crippen molar-refractivity contribution < 1.29 is 28.6 Å². The second-order valence-corrected chi connectivity index (χ2v) is 6.29. The van der Waals surface area contributed by atoms with Gasteiger partial charge in [0.05, 0.1) is 18.4 Å². The molecular formula is C18H21NO6. The van der Waals surface area contributed by atoms with Gasteiger partial charge in [-0.2, -0.15) is 0 Å². The molecular weight excluding hydrogens is 326 g/mol. The summed E-state index contributed by atoms with van der Waals surface area (Å²) >= 11 is 0. The van der Waals surface area contributed by atoms with Crippen LogP contribution < -0.4 is 0 Å². The highest BCUT2D eigenvalue weighted by atomic mass is 16.6. The molecule has 0 aromatic carbocycles. The molecule has 0 bridgehead atoms.